The average molecular weight is 285 g/mol. The first-order valence-electron chi connectivity index (χ1n) is 6.92. The van der Waals surface area contributed by atoms with Gasteiger partial charge in [-0.1, -0.05) is 42.5 Å². The Balaban J connectivity index is 1.89. The van der Waals surface area contributed by atoms with E-state index in [1.54, 1.807) is 12.1 Å². The maximum atomic E-state index is 12.0. The van der Waals surface area contributed by atoms with Crippen LogP contribution in [0.1, 0.15) is 23.6 Å². The first-order chi connectivity index (χ1) is 10.2. The van der Waals surface area contributed by atoms with Crippen molar-refractivity contribution in [3.63, 3.8) is 0 Å². The van der Waals surface area contributed by atoms with Gasteiger partial charge in [0.25, 0.3) is 0 Å². The first-order valence-corrected chi connectivity index (χ1v) is 6.92. The first kappa shape index (κ1) is 15.1. The molecule has 0 bridgehead atoms. The van der Waals surface area contributed by atoms with Crippen LogP contribution in [0.5, 0.6) is 5.75 Å². The van der Waals surface area contributed by atoms with Gasteiger partial charge in [-0.3, -0.25) is 4.79 Å². The van der Waals surface area contributed by atoms with E-state index >= 15 is 0 Å². The van der Waals surface area contributed by atoms with E-state index in [1.165, 1.54) is 12.1 Å². The molecule has 1 amide bonds. The molecule has 1 unspecified atom stereocenters. The third-order valence-electron chi connectivity index (χ3n) is 3.30. The summed E-state index contributed by atoms with van der Waals surface area (Å²) in [5, 5.41) is 21.5. The van der Waals surface area contributed by atoms with E-state index < -0.39 is 6.04 Å². The molecule has 3 N–H and O–H groups in total. The second-order valence-corrected chi connectivity index (χ2v) is 4.88. The van der Waals surface area contributed by atoms with E-state index in [2.05, 4.69) is 5.32 Å². The fraction of sp³-hybridized carbons (Fsp3) is 0.235. The summed E-state index contributed by atoms with van der Waals surface area (Å²) in [7, 11) is 0. The molecule has 0 spiro atoms. The van der Waals surface area contributed by atoms with Crippen molar-refractivity contribution in [3.05, 3.63) is 65.7 Å². The number of aliphatic hydroxyl groups is 1. The molecular formula is C17H19NO3. The minimum absolute atomic E-state index is 0.106. The van der Waals surface area contributed by atoms with Crippen molar-refractivity contribution in [2.75, 3.05) is 6.61 Å². The number of carbonyl (C=O) groups excluding carboxylic acids is 1. The van der Waals surface area contributed by atoms with Crippen LogP contribution in [0.25, 0.3) is 0 Å². The molecule has 0 saturated carbocycles. The summed E-state index contributed by atoms with van der Waals surface area (Å²) in [4.78, 5) is 12.0. The van der Waals surface area contributed by atoms with E-state index in [0.29, 0.717) is 12.8 Å². The van der Waals surface area contributed by atoms with Crippen molar-refractivity contribution < 1.29 is 15.0 Å². The van der Waals surface area contributed by atoms with E-state index in [0.717, 1.165) is 11.1 Å². The minimum atomic E-state index is -0.450. The van der Waals surface area contributed by atoms with Crippen molar-refractivity contribution in [2.45, 2.75) is 18.9 Å². The number of aromatic hydroxyl groups is 1. The van der Waals surface area contributed by atoms with E-state index in [4.69, 9.17) is 0 Å². The van der Waals surface area contributed by atoms with E-state index in [-0.39, 0.29) is 18.3 Å². The summed E-state index contributed by atoms with van der Waals surface area (Å²) in [6, 6.07) is 15.8. The Morgan fingerprint density at radius 3 is 2.33 bits per heavy atom. The third kappa shape index (κ3) is 4.61. The smallest absolute Gasteiger partial charge is 0.220 e. The van der Waals surface area contributed by atoms with Crippen molar-refractivity contribution in [1.29, 1.82) is 0 Å². The molecule has 0 aromatic heterocycles. The lowest BCUT2D eigenvalue weighted by atomic mass is 10.1. The molecule has 0 saturated heterocycles. The Hall–Kier alpha value is -2.33. The molecule has 2 aromatic rings. The van der Waals surface area contributed by atoms with Gasteiger partial charge in [-0.2, -0.15) is 0 Å². The average Bonchev–Trinajstić information content (AvgIpc) is 2.52. The highest BCUT2D eigenvalue weighted by Gasteiger charge is 2.13. The number of aliphatic hydroxyl groups excluding tert-OH is 1. The largest absolute Gasteiger partial charge is 0.508 e. The Labute approximate surface area is 124 Å². The van der Waals surface area contributed by atoms with Crippen LogP contribution < -0.4 is 5.32 Å². The topological polar surface area (TPSA) is 69.6 Å². The Morgan fingerprint density at radius 2 is 1.71 bits per heavy atom. The zero-order valence-corrected chi connectivity index (χ0v) is 11.7. The molecule has 2 rings (SSSR count). The summed E-state index contributed by atoms with van der Waals surface area (Å²) in [5.41, 5.74) is 1.88. The lowest BCUT2D eigenvalue weighted by Crippen LogP contribution is -2.30. The van der Waals surface area contributed by atoms with Gasteiger partial charge < -0.3 is 15.5 Å². The number of amides is 1. The molecule has 0 fully saturated rings. The van der Waals surface area contributed by atoms with Crippen LogP contribution in [-0.4, -0.2) is 22.7 Å². The molecule has 0 aliphatic heterocycles. The fourth-order valence-corrected chi connectivity index (χ4v) is 2.11. The zero-order chi connectivity index (χ0) is 15.1. The highest BCUT2D eigenvalue weighted by molar-refractivity contribution is 5.76. The summed E-state index contributed by atoms with van der Waals surface area (Å²) in [6.07, 6.45) is 1.04. The molecule has 0 radical (unpaired) electrons. The van der Waals surface area contributed by atoms with Gasteiger partial charge >= 0.3 is 0 Å². The van der Waals surface area contributed by atoms with Crippen LogP contribution in [0.4, 0.5) is 0 Å². The van der Waals surface area contributed by atoms with Crippen molar-refractivity contribution in [1.82, 2.24) is 5.32 Å². The quantitative estimate of drug-likeness (QED) is 0.762. The monoisotopic (exact) mass is 285 g/mol. The SMILES string of the molecule is O=C(CCc1ccccc1)NC(CO)c1ccc(O)cc1. The normalized spacial score (nSPS) is 11.9. The number of nitrogens with one attached hydrogen (secondary N) is 1. The van der Waals surface area contributed by atoms with Crippen LogP contribution in [0.3, 0.4) is 0 Å². The summed E-state index contributed by atoms with van der Waals surface area (Å²) < 4.78 is 0. The molecule has 4 nitrogen and oxygen atoms in total. The molecule has 4 heteroatoms. The van der Waals surface area contributed by atoms with Crippen molar-refractivity contribution >= 4 is 5.91 Å². The van der Waals surface area contributed by atoms with Crippen LogP contribution >= 0.6 is 0 Å². The molecular weight excluding hydrogens is 266 g/mol. The zero-order valence-electron chi connectivity index (χ0n) is 11.7. The van der Waals surface area contributed by atoms with Gasteiger partial charge in [0.15, 0.2) is 0 Å². The standard InChI is InChI=1S/C17H19NO3/c19-12-16(14-7-9-15(20)10-8-14)18-17(21)11-6-13-4-2-1-3-5-13/h1-5,7-10,16,19-20H,6,11-12H2,(H,18,21). The number of phenols is 1. The molecule has 0 heterocycles. The van der Waals surface area contributed by atoms with Gasteiger partial charge in [-0.25, -0.2) is 0 Å². The highest BCUT2D eigenvalue weighted by Crippen LogP contribution is 2.16. The Bertz CT molecular complexity index is 566. The van der Waals surface area contributed by atoms with Gasteiger partial charge in [0.05, 0.1) is 12.6 Å². The number of benzene rings is 2. The van der Waals surface area contributed by atoms with Gasteiger partial charge in [0.2, 0.25) is 5.91 Å². The molecule has 0 aliphatic rings. The number of hydrogen-bond acceptors (Lipinski definition) is 3. The van der Waals surface area contributed by atoms with Gasteiger partial charge in [0, 0.05) is 6.42 Å². The number of hydrogen-bond donors (Lipinski definition) is 3. The predicted octanol–water partition coefficient (Wildman–Crippen LogP) is 2.17. The van der Waals surface area contributed by atoms with Crippen LogP contribution in [-0.2, 0) is 11.2 Å². The number of carbonyl (C=O) groups is 1. The van der Waals surface area contributed by atoms with Gasteiger partial charge in [-0.05, 0) is 29.7 Å². The molecule has 1 atom stereocenters. The molecule has 0 aliphatic carbocycles. The maximum Gasteiger partial charge on any atom is 0.220 e. The Kier molecular flexibility index (Phi) is 5.35. The minimum Gasteiger partial charge on any atom is -0.508 e. The van der Waals surface area contributed by atoms with E-state index in [9.17, 15) is 15.0 Å². The fourth-order valence-electron chi connectivity index (χ4n) is 2.11. The second-order valence-electron chi connectivity index (χ2n) is 4.88. The van der Waals surface area contributed by atoms with Crippen LogP contribution in [0.2, 0.25) is 0 Å². The maximum absolute atomic E-state index is 12.0. The van der Waals surface area contributed by atoms with E-state index in [1.807, 2.05) is 30.3 Å². The van der Waals surface area contributed by atoms with Gasteiger partial charge in [0.1, 0.15) is 5.75 Å². The lowest BCUT2D eigenvalue weighted by molar-refractivity contribution is -0.122. The lowest BCUT2D eigenvalue weighted by Gasteiger charge is -2.17. The highest BCUT2D eigenvalue weighted by atomic mass is 16.3. The van der Waals surface area contributed by atoms with Crippen molar-refractivity contribution in [2.24, 2.45) is 0 Å². The molecule has 21 heavy (non-hydrogen) atoms. The Morgan fingerprint density at radius 1 is 1.05 bits per heavy atom. The summed E-state index contributed by atoms with van der Waals surface area (Å²) in [5.74, 6) is 0.0526. The predicted molar refractivity (Wildman–Crippen MR) is 80.8 cm³/mol. The van der Waals surface area contributed by atoms with Crippen LogP contribution in [0, 0.1) is 0 Å². The number of aryl methyl sites for hydroxylation is 1. The molecule has 2 aromatic carbocycles. The number of phenolic OH excluding ortho intramolecular Hbond substituents is 1. The summed E-state index contributed by atoms with van der Waals surface area (Å²) >= 11 is 0. The molecule has 110 valence electrons. The second kappa shape index (κ2) is 7.45. The van der Waals surface area contributed by atoms with Crippen molar-refractivity contribution in [3.8, 4) is 5.75 Å². The van der Waals surface area contributed by atoms with Gasteiger partial charge in [-0.15, -0.1) is 0 Å². The third-order valence-corrected chi connectivity index (χ3v) is 3.30. The van der Waals surface area contributed by atoms with Crippen LogP contribution in [0.15, 0.2) is 54.6 Å². The number of rotatable bonds is 6. The summed E-state index contributed by atoms with van der Waals surface area (Å²) in [6.45, 7) is -0.179.